The molecule has 0 aliphatic rings. The van der Waals surface area contributed by atoms with E-state index in [4.69, 9.17) is 0 Å². The monoisotopic (exact) mass is 296 g/mol. The van der Waals surface area contributed by atoms with E-state index < -0.39 is 5.60 Å². The SMILES string of the molecule is CC(O)(Cc1sccc1Br)c1ccccc1. The van der Waals surface area contributed by atoms with Gasteiger partial charge in [0.1, 0.15) is 0 Å². The molecule has 1 aromatic carbocycles. The van der Waals surface area contributed by atoms with Crippen LogP contribution in [0.5, 0.6) is 0 Å². The molecule has 2 aromatic rings. The van der Waals surface area contributed by atoms with E-state index >= 15 is 0 Å². The molecule has 0 aliphatic heterocycles. The molecule has 0 bridgehead atoms. The first-order valence-electron chi connectivity index (χ1n) is 5.09. The van der Waals surface area contributed by atoms with E-state index in [-0.39, 0.29) is 0 Å². The van der Waals surface area contributed by atoms with E-state index in [1.54, 1.807) is 11.3 Å². The Bertz CT molecular complexity index is 462. The number of benzene rings is 1. The zero-order chi connectivity index (χ0) is 11.6. The zero-order valence-corrected chi connectivity index (χ0v) is 11.4. The molecule has 1 nitrogen and oxygen atoms in total. The van der Waals surface area contributed by atoms with Crippen LogP contribution < -0.4 is 0 Å². The van der Waals surface area contributed by atoms with Crippen molar-refractivity contribution in [3.8, 4) is 0 Å². The van der Waals surface area contributed by atoms with Crippen LogP contribution in [0.25, 0.3) is 0 Å². The minimum atomic E-state index is -0.811. The molecule has 16 heavy (non-hydrogen) atoms. The minimum Gasteiger partial charge on any atom is -0.385 e. The molecule has 2 rings (SSSR count). The zero-order valence-electron chi connectivity index (χ0n) is 8.98. The van der Waals surface area contributed by atoms with E-state index in [9.17, 15) is 5.11 Å². The first kappa shape index (κ1) is 11.8. The number of halogens is 1. The Morgan fingerprint density at radius 1 is 1.25 bits per heavy atom. The largest absolute Gasteiger partial charge is 0.385 e. The average molecular weight is 297 g/mol. The highest BCUT2D eigenvalue weighted by atomic mass is 79.9. The first-order valence-corrected chi connectivity index (χ1v) is 6.76. The van der Waals surface area contributed by atoms with Crippen LogP contribution in [0.3, 0.4) is 0 Å². The lowest BCUT2D eigenvalue weighted by Crippen LogP contribution is -2.23. The Hall–Kier alpha value is -0.640. The van der Waals surface area contributed by atoms with E-state index in [0.29, 0.717) is 6.42 Å². The van der Waals surface area contributed by atoms with Gasteiger partial charge in [-0.15, -0.1) is 11.3 Å². The van der Waals surface area contributed by atoms with Crippen molar-refractivity contribution in [3.05, 3.63) is 56.7 Å². The Labute approximate surface area is 108 Å². The predicted molar refractivity (Wildman–Crippen MR) is 71.7 cm³/mol. The Morgan fingerprint density at radius 3 is 2.50 bits per heavy atom. The van der Waals surface area contributed by atoms with E-state index in [2.05, 4.69) is 15.9 Å². The smallest absolute Gasteiger partial charge is 0.0917 e. The maximum Gasteiger partial charge on any atom is 0.0917 e. The van der Waals surface area contributed by atoms with Crippen molar-refractivity contribution in [2.24, 2.45) is 0 Å². The molecule has 0 spiro atoms. The summed E-state index contributed by atoms with van der Waals surface area (Å²) < 4.78 is 1.08. The predicted octanol–water partition coefficient (Wildman–Crippen LogP) is 3.96. The lowest BCUT2D eigenvalue weighted by molar-refractivity contribution is 0.0583. The van der Waals surface area contributed by atoms with Crippen LogP contribution in [0, 0.1) is 0 Å². The highest BCUT2D eigenvalue weighted by Gasteiger charge is 2.24. The molecule has 0 saturated carbocycles. The molecule has 0 amide bonds. The molecule has 1 aromatic heterocycles. The molecule has 1 unspecified atom stereocenters. The Balaban J connectivity index is 2.24. The van der Waals surface area contributed by atoms with Gasteiger partial charge in [0.25, 0.3) is 0 Å². The molecule has 0 saturated heterocycles. The molecule has 1 N–H and O–H groups in total. The number of rotatable bonds is 3. The third-order valence-corrected chi connectivity index (χ3v) is 4.52. The maximum absolute atomic E-state index is 10.5. The Morgan fingerprint density at radius 2 is 1.94 bits per heavy atom. The van der Waals surface area contributed by atoms with Crippen molar-refractivity contribution in [2.45, 2.75) is 18.9 Å². The summed E-state index contributed by atoms with van der Waals surface area (Å²) in [5, 5.41) is 12.5. The summed E-state index contributed by atoms with van der Waals surface area (Å²) in [6.07, 6.45) is 0.634. The van der Waals surface area contributed by atoms with E-state index in [0.717, 1.165) is 10.0 Å². The highest BCUT2D eigenvalue weighted by molar-refractivity contribution is 9.10. The summed E-state index contributed by atoms with van der Waals surface area (Å²) in [5.74, 6) is 0. The van der Waals surface area contributed by atoms with Crippen LogP contribution >= 0.6 is 27.3 Å². The van der Waals surface area contributed by atoms with Crippen molar-refractivity contribution < 1.29 is 5.11 Å². The second-order valence-electron chi connectivity index (χ2n) is 4.01. The van der Waals surface area contributed by atoms with Crippen molar-refractivity contribution in [2.75, 3.05) is 0 Å². The van der Waals surface area contributed by atoms with Gasteiger partial charge in [0.05, 0.1) is 5.60 Å². The van der Waals surface area contributed by atoms with Crippen LogP contribution in [0.4, 0.5) is 0 Å². The summed E-state index contributed by atoms with van der Waals surface area (Å²) in [6.45, 7) is 1.86. The maximum atomic E-state index is 10.5. The normalized spacial score (nSPS) is 14.7. The molecule has 84 valence electrons. The van der Waals surface area contributed by atoms with E-state index in [1.165, 1.54) is 4.88 Å². The van der Waals surface area contributed by atoms with Crippen LogP contribution in [-0.2, 0) is 12.0 Å². The van der Waals surface area contributed by atoms with Crippen LogP contribution in [0.1, 0.15) is 17.4 Å². The summed E-state index contributed by atoms with van der Waals surface area (Å²) in [5.41, 5.74) is 0.143. The molecule has 0 aliphatic carbocycles. The van der Waals surface area contributed by atoms with Gasteiger partial charge in [-0.3, -0.25) is 0 Å². The summed E-state index contributed by atoms with van der Waals surface area (Å²) >= 11 is 5.15. The Kier molecular flexibility index (Phi) is 3.47. The standard InChI is InChI=1S/C13H13BrOS/c1-13(15,10-5-3-2-4-6-10)9-12-11(14)7-8-16-12/h2-8,15H,9H2,1H3. The van der Waals surface area contributed by atoms with Crippen LogP contribution in [-0.4, -0.2) is 5.11 Å². The minimum absolute atomic E-state index is 0.634. The third kappa shape index (κ3) is 2.54. The summed E-state index contributed by atoms with van der Waals surface area (Å²) in [7, 11) is 0. The third-order valence-electron chi connectivity index (χ3n) is 2.59. The van der Waals surface area contributed by atoms with Gasteiger partial charge in [0.15, 0.2) is 0 Å². The molecular formula is C13H13BrOS. The molecule has 1 atom stereocenters. The molecule has 0 radical (unpaired) electrons. The van der Waals surface area contributed by atoms with Crippen LogP contribution in [0.2, 0.25) is 0 Å². The second kappa shape index (κ2) is 4.70. The van der Waals surface area contributed by atoms with Gasteiger partial charge < -0.3 is 5.11 Å². The lowest BCUT2D eigenvalue weighted by Gasteiger charge is -2.23. The van der Waals surface area contributed by atoms with Gasteiger partial charge in [-0.05, 0) is 39.9 Å². The van der Waals surface area contributed by atoms with Crippen LogP contribution in [0.15, 0.2) is 46.3 Å². The van der Waals surface area contributed by atoms with Gasteiger partial charge in [0.2, 0.25) is 0 Å². The van der Waals surface area contributed by atoms with Crippen molar-refractivity contribution in [3.63, 3.8) is 0 Å². The average Bonchev–Trinajstić information content (AvgIpc) is 2.65. The fraction of sp³-hybridized carbons (Fsp3) is 0.231. The van der Waals surface area contributed by atoms with Crippen molar-refractivity contribution >= 4 is 27.3 Å². The summed E-state index contributed by atoms with van der Waals surface area (Å²) in [4.78, 5) is 1.17. The van der Waals surface area contributed by atoms with E-state index in [1.807, 2.05) is 48.7 Å². The van der Waals surface area contributed by atoms with Gasteiger partial charge >= 0.3 is 0 Å². The topological polar surface area (TPSA) is 20.2 Å². The highest BCUT2D eigenvalue weighted by Crippen LogP contribution is 2.31. The number of hydrogen-bond donors (Lipinski definition) is 1. The van der Waals surface area contributed by atoms with Gasteiger partial charge in [-0.1, -0.05) is 30.3 Å². The molecule has 3 heteroatoms. The lowest BCUT2D eigenvalue weighted by atomic mass is 9.92. The molecule has 1 heterocycles. The second-order valence-corrected chi connectivity index (χ2v) is 5.86. The fourth-order valence-electron chi connectivity index (χ4n) is 1.66. The van der Waals surface area contributed by atoms with Gasteiger partial charge in [0, 0.05) is 15.8 Å². The number of aliphatic hydroxyl groups is 1. The fourth-order valence-corrected chi connectivity index (χ4v) is 3.30. The van der Waals surface area contributed by atoms with Gasteiger partial charge in [-0.25, -0.2) is 0 Å². The number of thiophene rings is 1. The molecule has 0 fully saturated rings. The number of hydrogen-bond acceptors (Lipinski definition) is 2. The van der Waals surface area contributed by atoms with Crippen molar-refractivity contribution in [1.82, 2.24) is 0 Å². The molecular weight excluding hydrogens is 284 g/mol. The summed E-state index contributed by atoms with van der Waals surface area (Å²) in [6, 6.07) is 11.8. The van der Waals surface area contributed by atoms with Crippen molar-refractivity contribution in [1.29, 1.82) is 0 Å². The first-order chi connectivity index (χ1) is 7.59. The van der Waals surface area contributed by atoms with Gasteiger partial charge in [-0.2, -0.15) is 0 Å². The quantitative estimate of drug-likeness (QED) is 0.909.